The summed E-state index contributed by atoms with van der Waals surface area (Å²) in [5.41, 5.74) is 0. The predicted molar refractivity (Wildman–Crippen MR) is 94.9 cm³/mol. The molecule has 0 spiro atoms. The Morgan fingerprint density at radius 2 is 1.84 bits per heavy atom. The maximum Gasteiger partial charge on any atom is 0.223 e. The number of nitrogens with zero attached hydrogens (tertiary/aromatic N) is 1. The molecule has 0 bridgehead atoms. The van der Waals surface area contributed by atoms with E-state index in [1.54, 1.807) is 18.0 Å². The number of carbonyl (C=O) groups excluding carboxylic acids is 1. The van der Waals surface area contributed by atoms with Crippen LogP contribution in [0, 0.1) is 0 Å². The van der Waals surface area contributed by atoms with Gasteiger partial charge in [-0.25, -0.2) is 8.42 Å². The van der Waals surface area contributed by atoms with Crippen molar-refractivity contribution in [2.75, 3.05) is 40.1 Å². The van der Waals surface area contributed by atoms with Crippen LogP contribution in [0.1, 0.15) is 19.3 Å². The first kappa shape index (κ1) is 19.5. The van der Waals surface area contributed by atoms with Crippen LogP contribution < -0.4 is 14.8 Å². The van der Waals surface area contributed by atoms with Gasteiger partial charge in [0.1, 0.15) is 0 Å². The molecule has 1 saturated heterocycles. The number of ether oxygens (including phenoxy) is 2. The Kier molecular flexibility index (Phi) is 6.66. The van der Waals surface area contributed by atoms with E-state index in [0.29, 0.717) is 11.5 Å². The number of piperidine rings is 1. The molecule has 1 aromatic carbocycles. The Bertz CT molecular complexity index is 699. The third-order valence-electron chi connectivity index (χ3n) is 4.55. The minimum Gasteiger partial charge on any atom is -0.493 e. The van der Waals surface area contributed by atoms with E-state index in [1.807, 2.05) is 0 Å². The number of sulfone groups is 1. The Morgan fingerprint density at radius 3 is 2.44 bits per heavy atom. The molecule has 0 atom stereocenters. The lowest BCUT2D eigenvalue weighted by Gasteiger charge is -2.31. The number of amides is 1. The molecule has 8 heteroatoms. The van der Waals surface area contributed by atoms with Crippen molar-refractivity contribution >= 4 is 15.7 Å². The van der Waals surface area contributed by atoms with Gasteiger partial charge in [0, 0.05) is 25.6 Å². The molecule has 0 aromatic heterocycles. The van der Waals surface area contributed by atoms with Crippen LogP contribution in [-0.4, -0.2) is 65.4 Å². The molecule has 1 aliphatic heterocycles. The van der Waals surface area contributed by atoms with Crippen molar-refractivity contribution in [3.63, 3.8) is 0 Å². The van der Waals surface area contributed by atoms with Gasteiger partial charge in [-0.1, -0.05) is 0 Å². The normalized spacial score (nSPS) is 15.6. The fourth-order valence-electron chi connectivity index (χ4n) is 2.92. The van der Waals surface area contributed by atoms with E-state index < -0.39 is 9.84 Å². The standard InChI is InChI=1S/C17H26N2O5S/c1-19(13-6-9-18-10-7-13)17(20)8-11-25(21,22)14-4-5-15(23-2)16(12-14)24-3/h4-5,12-13,18H,6-11H2,1-3H3. The fraction of sp³-hybridized carbons (Fsp3) is 0.588. The first-order valence-electron chi connectivity index (χ1n) is 8.30. The van der Waals surface area contributed by atoms with E-state index in [9.17, 15) is 13.2 Å². The highest BCUT2D eigenvalue weighted by Crippen LogP contribution is 2.30. The number of rotatable bonds is 7. The summed E-state index contributed by atoms with van der Waals surface area (Å²) in [7, 11) is 1.12. The zero-order valence-electron chi connectivity index (χ0n) is 14.9. The zero-order chi connectivity index (χ0) is 18.4. The van der Waals surface area contributed by atoms with Crippen molar-refractivity contribution in [2.24, 2.45) is 0 Å². The van der Waals surface area contributed by atoms with Gasteiger partial charge < -0.3 is 19.7 Å². The second kappa shape index (κ2) is 8.53. The molecule has 1 heterocycles. The number of hydrogen-bond donors (Lipinski definition) is 1. The molecule has 1 aliphatic rings. The van der Waals surface area contributed by atoms with E-state index in [4.69, 9.17) is 9.47 Å². The molecular weight excluding hydrogens is 344 g/mol. The Labute approximate surface area is 149 Å². The molecule has 140 valence electrons. The van der Waals surface area contributed by atoms with Crippen molar-refractivity contribution in [3.05, 3.63) is 18.2 Å². The number of nitrogens with one attached hydrogen (secondary N) is 1. The second-order valence-electron chi connectivity index (χ2n) is 6.07. The van der Waals surface area contributed by atoms with E-state index in [0.717, 1.165) is 25.9 Å². The van der Waals surface area contributed by atoms with Crippen LogP contribution in [0.4, 0.5) is 0 Å². The van der Waals surface area contributed by atoms with E-state index in [2.05, 4.69) is 5.32 Å². The molecule has 1 fully saturated rings. The quantitative estimate of drug-likeness (QED) is 0.773. The molecule has 25 heavy (non-hydrogen) atoms. The Balaban J connectivity index is 2.02. The summed E-state index contributed by atoms with van der Waals surface area (Å²) in [6.07, 6.45) is 1.76. The molecule has 0 unspecified atom stereocenters. The van der Waals surface area contributed by atoms with Crippen LogP contribution in [-0.2, 0) is 14.6 Å². The molecule has 2 rings (SSSR count). The van der Waals surface area contributed by atoms with Gasteiger partial charge >= 0.3 is 0 Å². The van der Waals surface area contributed by atoms with Gasteiger partial charge in [0.2, 0.25) is 5.91 Å². The van der Waals surface area contributed by atoms with Gasteiger partial charge in [0.15, 0.2) is 21.3 Å². The number of methoxy groups -OCH3 is 2. The van der Waals surface area contributed by atoms with Gasteiger partial charge in [0.25, 0.3) is 0 Å². The molecule has 1 aromatic rings. The largest absolute Gasteiger partial charge is 0.493 e. The predicted octanol–water partition coefficient (Wildman–Crippen LogP) is 1.08. The molecule has 7 nitrogen and oxygen atoms in total. The third kappa shape index (κ3) is 4.85. The smallest absolute Gasteiger partial charge is 0.223 e. The van der Waals surface area contributed by atoms with Gasteiger partial charge in [-0.2, -0.15) is 0 Å². The lowest BCUT2D eigenvalue weighted by Crippen LogP contribution is -2.44. The summed E-state index contributed by atoms with van der Waals surface area (Å²) < 4.78 is 35.3. The molecule has 1 amide bonds. The van der Waals surface area contributed by atoms with Crippen LogP contribution in [0.15, 0.2) is 23.1 Å². The monoisotopic (exact) mass is 370 g/mol. The lowest BCUT2D eigenvalue weighted by molar-refractivity contribution is -0.132. The fourth-order valence-corrected chi connectivity index (χ4v) is 4.16. The van der Waals surface area contributed by atoms with E-state index in [-0.39, 0.29) is 29.0 Å². The maximum atomic E-state index is 12.5. The van der Waals surface area contributed by atoms with Crippen molar-refractivity contribution in [1.29, 1.82) is 0 Å². The summed E-state index contributed by atoms with van der Waals surface area (Å²) in [6.45, 7) is 1.76. The van der Waals surface area contributed by atoms with Gasteiger partial charge in [-0.15, -0.1) is 0 Å². The summed E-state index contributed by atoms with van der Waals surface area (Å²) in [5, 5.41) is 3.25. The highest BCUT2D eigenvalue weighted by molar-refractivity contribution is 7.91. The molecule has 0 aliphatic carbocycles. The van der Waals surface area contributed by atoms with Crippen molar-refractivity contribution in [2.45, 2.75) is 30.2 Å². The maximum absolute atomic E-state index is 12.5. The molecule has 0 radical (unpaired) electrons. The molecule has 0 saturated carbocycles. The topological polar surface area (TPSA) is 84.9 Å². The number of carbonyl (C=O) groups is 1. The van der Waals surface area contributed by atoms with Gasteiger partial charge in [-0.3, -0.25) is 4.79 Å². The zero-order valence-corrected chi connectivity index (χ0v) is 15.8. The highest BCUT2D eigenvalue weighted by atomic mass is 32.2. The summed E-state index contributed by atoms with van der Waals surface area (Å²) in [5.74, 6) is 0.442. The third-order valence-corrected chi connectivity index (χ3v) is 6.26. The highest BCUT2D eigenvalue weighted by Gasteiger charge is 2.24. The minimum atomic E-state index is -3.57. The van der Waals surface area contributed by atoms with Gasteiger partial charge in [-0.05, 0) is 38.1 Å². The summed E-state index contributed by atoms with van der Waals surface area (Å²) in [4.78, 5) is 14.2. The first-order chi connectivity index (χ1) is 11.9. The molecular formula is C17H26N2O5S. The van der Waals surface area contributed by atoms with Crippen LogP contribution in [0.2, 0.25) is 0 Å². The van der Waals surface area contributed by atoms with Crippen molar-refractivity contribution in [3.8, 4) is 11.5 Å². The SMILES string of the molecule is COc1ccc(S(=O)(=O)CCC(=O)N(C)C2CCNCC2)cc1OC. The summed E-state index contributed by atoms with van der Waals surface area (Å²) >= 11 is 0. The average molecular weight is 370 g/mol. The van der Waals surface area contributed by atoms with Crippen LogP contribution in [0.5, 0.6) is 11.5 Å². The Hall–Kier alpha value is -1.80. The molecule has 1 N–H and O–H groups in total. The number of hydrogen-bond acceptors (Lipinski definition) is 6. The van der Waals surface area contributed by atoms with Crippen LogP contribution >= 0.6 is 0 Å². The van der Waals surface area contributed by atoms with Crippen LogP contribution in [0.25, 0.3) is 0 Å². The second-order valence-corrected chi connectivity index (χ2v) is 8.18. The van der Waals surface area contributed by atoms with E-state index in [1.165, 1.54) is 26.4 Å². The van der Waals surface area contributed by atoms with Crippen molar-refractivity contribution in [1.82, 2.24) is 10.2 Å². The van der Waals surface area contributed by atoms with E-state index >= 15 is 0 Å². The average Bonchev–Trinajstić information content (AvgIpc) is 2.65. The lowest BCUT2D eigenvalue weighted by atomic mass is 10.1. The number of benzene rings is 1. The van der Waals surface area contributed by atoms with Crippen LogP contribution in [0.3, 0.4) is 0 Å². The Morgan fingerprint density at radius 1 is 1.20 bits per heavy atom. The van der Waals surface area contributed by atoms with Gasteiger partial charge in [0.05, 0.1) is 24.9 Å². The first-order valence-corrected chi connectivity index (χ1v) is 9.95. The minimum absolute atomic E-state index is 0.0306. The van der Waals surface area contributed by atoms with Crippen molar-refractivity contribution < 1.29 is 22.7 Å². The summed E-state index contributed by atoms with van der Waals surface area (Å²) in [6, 6.07) is 4.62.